The lowest BCUT2D eigenvalue weighted by Gasteiger charge is -2.25. The summed E-state index contributed by atoms with van der Waals surface area (Å²) in [5.74, 6) is 0.0631. The first-order chi connectivity index (χ1) is 17.2. The summed E-state index contributed by atoms with van der Waals surface area (Å²) in [5.41, 5.74) is 16.2. The molecule has 1 amide bonds. The van der Waals surface area contributed by atoms with Crippen LogP contribution in [0.1, 0.15) is 53.4 Å². The van der Waals surface area contributed by atoms with E-state index in [1.165, 1.54) is 5.56 Å². The van der Waals surface area contributed by atoms with Crippen LogP contribution in [-0.2, 0) is 25.0 Å². The molecule has 4 aromatic carbocycles. The van der Waals surface area contributed by atoms with Crippen molar-refractivity contribution in [2.75, 3.05) is 0 Å². The van der Waals surface area contributed by atoms with Gasteiger partial charge in [0.05, 0.1) is 6.54 Å². The number of amides is 1. The highest BCUT2D eigenvalue weighted by Gasteiger charge is 2.20. The Morgan fingerprint density at radius 2 is 1.42 bits per heavy atom. The van der Waals surface area contributed by atoms with Crippen LogP contribution in [0.3, 0.4) is 0 Å². The highest BCUT2D eigenvalue weighted by Crippen LogP contribution is 2.25. The number of carbonyl (C=O) groups is 1. The Bertz CT molecular complexity index is 1370. The largest absolute Gasteiger partial charge is 0.370 e. The molecular weight excluding hydrogens is 444 g/mol. The molecule has 0 saturated carbocycles. The highest BCUT2D eigenvalue weighted by molar-refractivity contribution is 6.07. The molecule has 4 N–H and O–H groups in total. The van der Waals surface area contributed by atoms with Crippen molar-refractivity contribution in [3.05, 3.63) is 119 Å². The van der Waals surface area contributed by atoms with Gasteiger partial charge in [-0.15, -0.1) is 0 Å². The average Bonchev–Trinajstić information content (AvgIpc) is 2.86. The first-order valence-electron chi connectivity index (χ1n) is 12.2. The van der Waals surface area contributed by atoms with Crippen LogP contribution in [0.15, 0.2) is 96.0 Å². The van der Waals surface area contributed by atoms with Gasteiger partial charge < -0.3 is 16.4 Å². The smallest absolute Gasteiger partial charge is 0.255 e. The van der Waals surface area contributed by atoms with Crippen molar-refractivity contribution in [3.63, 3.8) is 0 Å². The van der Waals surface area contributed by atoms with Crippen LogP contribution in [-0.4, -0.2) is 16.8 Å². The molecule has 0 bridgehead atoms. The quantitative estimate of drug-likeness (QED) is 0.262. The maximum Gasteiger partial charge on any atom is 0.255 e. The predicted molar refractivity (Wildman–Crippen MR) is 149 cm³/mol. The van der Waals surface area contributed by atoms with Gasteiger partial charge in [0.1, 0.15) is 0 Å². The zero-order valence-corrected chi connectivity index (χ0v) is 21.2. The molecule has 184 valence electrons. The van der Waals surface area contributed by atoms with Crippen LogP contribution in [0.4, 0.5) is 0 Å². The number of hydrogen-bond donors (Lipinski definition) is 2. The van der Waals surface area contributed by atoms with Crippen LogP contribution in [0.25, 0.3) is 10.8 Å². The van der Waals surface area contributed by atoms with Crippen molar-refractivity contribution in [2.24, 2.45) is 16.5 Å². The molecule has 0 spiro atoms. The van der Waals surface area contributed by atoms with E-state index in [9.17, 15) is 4.79 Å². The average molecular weight is 479 g/mol. The molecule has 4 rings (SSSR count). The van der Waals surface area contributed by atoms with Gasteiger partial charge in [0.15, 0.2) is 5.96 Å². The fourth-order valence-corrected chi connectivity index (χ4v) is 4.34. The van der Waals surface area contributed by atoms with Gasteiger partial charge in [-0.3, -0.25) is 4.79 Å². The second-order valence-corrected chi connectivity index (χ2v) is 10.2. The van der Waals surface area contributed by atoms with Crippen LogP contribution in [0.5, 0.6) is 0 Å². The minimum atomic E-state index is 0.00123. The molecular formula is C31H34N4O. The van der Waals surface area contributed by atoms with E-state index < -0.39 is 0 Å². The fraction of sp³-hybridized carbons (Fsp3) is 0.226. The van der Waals surface area contributed by atoms with Gasteiger partial charge in [0, 0.05) is 18.7 Å². The van der Waals surface area contributed by atoms with Crippen molar-refractivity contribution in [3.8, 4) is 0 Å². The Labute approximate surface area is 213 Å². The molecule has 0 heterocycles. The van der Waals surface area contributed by atoms with Crippen LogP contribution in [0, 0.1) is 0 Å². The molecule has 0 aliphatic carbocycles. The standard InChI is InChI=1S/C31H34N4O/c1-31(2,3)26-16-14-22(15-17-26)20-35(21-24-9-6-8-23(18-24)19-34-30(32)33)29(36)28-13-7-11-25-10-4-5-12-27(25)28/h4-18H,19-21H2,1-3H3,(H4,32,33,34). The Morgan fingerprint density at radius 1 is 0.778 bits per heavy atom. The van der Waals surface area contributed by atoms with Crippen molar-refractivity contribution in [1.29, 1.82) is 0 Å². The number of hydrogen-bond acceptors (Lipinski definition) is 2. The molecule has 0 aliphatic rings. The molecule has 0 aliphatic heterocycles. The molecule has 0 atom stereocenters. The molecule has 0 saturated heterocycles. The summed E-state index contributed by atoms with van der Waals surface area (Å²) < 4.78 is 0. The summed E-state index contributed by atoms with van der Waals surface area (Å²) in [6.07, 6.45) is 0. The summed E-state index contributed by atoms with van der Waals surface area (Å²) in [6.45, 7) is 7.99. The third kappa shape index (κ3) is 6.11. The van der Waals surface area contributed by atoms with E-state index >= 15 is 0 Å². The maximum atomic E-state index is 14.0. The van der Waals surface area contributed by atoms with E-state index in [-0.39, 0.29) is 17.3 Å². The lowest BCUT2D eigenvalue weighted by molar-refractivity contribution is 0.0732. The summed E-state index contributed by atoms with van der Waals surface area (Å²) >= 11 is 0. The van der Waals surface area contributed by atoms with Gasteiger partial charge in [-0.1, -0.05) is 106 Å². The SMILES string of the molecule is CC(C)(C)c1ccc(CN(Cc2cccc(CN=C(N)N)c2)C(=O)c2cccc3ccccc23)cc1. The Morgan fingerprint density at radius 3 is 2.14 bits per heavy atom. The normalized spacial score (nSPS) is 11.3. The Balaban J connectivity index is 1.67. The zero-order valence-electron chi connectivity index (χ0n) is 21.2. The van der Waals surface area contributed by atoms with Crippen LogP contribution in [0.2, 0.25) is 0 Å². The van der Waals surface area contributed by atoms with Crippen molar-refractivity contribution >= 4 is 22.6 Å². The van der Waals surface area contributed by atoms with Gasteiger partial charge in [0.2, 0.25) is 0 Å². The third-order valence-electron chi connectivity index (χ3n) is 6.31. The number of carbonyl (C=O) groups excluding carboxylic acids is 1. The Hall–Kier alpha value is -4.12. The highest BCUT2D eigenvalue weighted by atomic mass is 16.2. The number of rotatable bonds is 7. The van der Waals surface area contributed by atoms with Gasteiger partial charge in [-0.25, -0.2) is 4.99 Å². The number of aliphatic imine (C=N–C) groups is 1. The first-order valence-corrected chi connectivity index (χ1v) is 12.2. The summed E-state index contributed by atoms with van der Waals surface area (Å²) in [6, 6.07) is 30.5. The summed E-state index contributed by atoms with van der Waals surface area (Å²) in [4.78, 5) is 20.0. The van der Waals surface area contributed by atoms with Crippen LogP contribution >= 0.6 is 0 Å². The number of benzene rings is 4. The topological polar surface area (TPSA) is 84.7 Å². The summed E-state index contributed by atoms with van der Waals surface area (Å²) in [5, 5.41) is 2.01. The molecule has 36 heavy (non-hydrogen) atoms. The Kier molecular flexibility index (Phi) is 7.39. The zero-order chi connectivity index (χ0) is 25.7. The van der Waals surface area contributed by atoms with E-state index in [0.29, 0.717) is 25.2 Å². The minimum absolute atomic E-state index is 0.00123. The molecule has 0 unspecified atom stereocenters. The van der Waals surface area contributed by atoms with Gasteiger partial charge in [0.25, 0.3) is 5.91 Å². The van der Waals surface area contributed by atoms with Gasteiger partial charge in [-0.2, -0.15) is 0 Å². The second-order valence-electron chi connectivity index (χ2n) is 10.2. The molecule has 4 aromatic rings. The molecule has 0 radical (unpaired) electrons. The van der Waals surface area contributed by atoms with E-state index in [2.05, 4.69) is 56.1 Å². The fourth-order valence-electron chi connectivity index (χ4n) is 4.34. The number of fused-ring (bicyclic) bond motifs is 1. The van der Waals surface area contributed by atoms with E-state index in [1.807, 2.05) is 65.6 Å². The van der Waals surface area contributed by atoms with Crippen LogP contribution < -0.4 is 11.5 Å². The van der Waals surface area contributed by atoms with Gasteiger partial charge in [-0.05, 0) is 44.5 Å². The van der Waals surface area contributed by atoms with Crippen molar-refractivity contribution in [2.45, 2.75) is 45.8 Å². The lowest BCUT2D eigenvalue weighted by Crippen LogP contribution is -2.30. The van der Waals surface area contributed by atoms with Gasteiger partial charge >= 0.3 is 0 Å². The van der Waals surface area contributed by atoms with E-state index in [0.717, 1.165) is 27.5 Å². The first kappa shape index (κ1) is 25.0. The number of guanidine groups is 1. The number of nitrogens with zero attached hydrogens (tertiary/aromatic N) is 2. The molecule has 0 fully saturated rings. The molecule has 5 nitrogen and oxygen atoms in total. The van der Waals surface area contributed by atoms with E-state index in [4.69, 9.17) is 11.5 Å². The summed E-state index contributed by atoms with van der Waals surface area (Å²) in [7, 11) is 0. The monoisotopic (exact) mass is 478 g/mol. The van der Waals surface area contributed by atoms with Crippen molar-refractivity contribution in [1.82, 2.24) is 4.90 Å². The van der Waals surface area contributed by atoms with Crippen molar-refractivity contribution < 1.29 is 4.79 Å². The van der Waals surface area contributed by atoms with E-state index in [1.54, 1.807) is 0 Å². The number of nitrogens with two attached hydrogens (primary N) is 2. The lowest BCUT2D eigenvalue weighted by atomic mass is 9.87. The predicted octanol–water partition coefficient (Wildman–Crippen LogP) is 5.75. The second kappa shape index (κ2) is 10.6. The maximum absolute atomic E-state index is 14.0. The molecule has 5 heteroatoms. The molecule has 0 aromatic heterocycles. The minimum Gasteiger partial charge on any atom is -0.370 e. The third-order valence-corrected chi connectivity index (χ3v) is 6.31.